The highest BCUT2D eigenvalue weighted by atomic mass is 32.2. The lowest BCUT2D eigenvalue weighted by Crippen LogP contribution is -2.37. The molecule has 200 valence electrons. The second kappa shape index (κ2) is 16.6. The van der Waals surface area contributed by atoms with Gasteiger partial charge in [-0.25, -0.2) is 16.0 Å². The Morgan fingerprint density at radius 1 is 1.14 bits per heavy atom. The molecule has 0 spiro atoms. The molecule has 0 aromatic carbocycles. The molecule has 2 saturated heterocycles. The minimum atomic E-state index is -1.16. The quantitative estimate of drug-likeness (QED) is 0.106. The van der Waals surface area contributed by atoms with E-state index in [4.69, 9.17) is 15.6 Å². The van der Waals surface area contributed by atoms with Gasteiger partial charge in [-0.15, -0.1) is 0 Å². The van der Waals surface area contributed by atoms with Crippen LogP contribution in [0.1, 0.15) is 72.6 Å². The third kappa shape index (κ3) is 10.8. The molecule has 4 unspecified atom stereocenters. The Labute approximate surface area is 217 Å². The van der Waals surface area contributed by atoms with Gasteiger partial charge in [0.25, 0.3) is 8.53 Å². The van der Waals surface area contributed by atoms with Gasteiger partial charge in [0.1, 0.15) is 6.61 Å². The number of carbonyl (C=O) groups is 2. The monoisotopic (exact) mass is 529 g/mol. The molecular weight excluding hydrogens is 485 g/mol. The van der Waals surface area contributed by atoms with Crippen molar-refractivity contribution >= 4 is 32.2 Å². The molecule has 3 N–H and O–H groups in total. The van der Waals surface area contributed by atoms with Crippen LogP contribution < -0.4 is 16.0 Å². The highest BCUT2D eigenvalue weighted by Gasteiger charge is 2.42. The van der Waals surface area contributed by atoms with Gasteiger partial charge < -0.3 is 29.8 Å². The molecule has 2 aliphatic rings. The molecule has 2 fully saturated rings. The van der Waals surface area contributed by atoms with Crippen molar-refractivity contribution in [2.75, 3.05) is 32.1 Å². The van der Waals surface area contributed by atoms with Crippen LogP contribution in [0.3, 0.4) is 0 Å². The van der Waals surface area contributed by atoms with Gasteiger partial charge in [-0.2, -0.15) is 11.8 Å². The molecule has 0 aliphatic carbocycles. The van der Waals surface area contributed by atoms with E-state index in [2.05, 4.69) is 53.2 Å². The summed E-state index contributed by atoms with van der Waals surface area (Å²) in [6, 6.07) is 1.01. The van der Waals surface area contributed by atoms with E-state index in [1.54, 1.807) is 0 Å². The molecule has 2 rings (SSSR count). The molecular formula is C24H44N5O4PS. The third-order valence-corrected chi connectivity index (χ3v) is 9.69. The lowest BCUT2D eigenvalue weighted by Gasteiger charge is -2.35. The summed E-state index contributed by atoms with van der Waals surface area (Å²) in [4.78, 5) is 27.0. The van der Waals surface area contributed by atoms with E-state index in [1.807, 2.05) is 11.8 Å². The predicted octanol–water partition coefficient (Wildman–Crippen LogP) is 4.30. The first-order valence-corrected chi connectivity index (χ1v) is 15.1. The van der Waals surface area contributed by atoms with Gasteiger partial charge in [0, 0.05) is 36.1 Å². The molecule has 3 amide bonds. The average Bonchev–Trinajstić information content (AvgIpc) is 3.34. The molecule has 4 atom stereocenters. The maximum absolute atomic E-state index is 12.1. The largest absolute Gasteiger partial charge is 0.356 e. The number of thioether (sulfide) groups is 1. The Balaban J connectivity index is 1.50. The molecule has 9 nitrogen and oxygen atoms in total. The summed E-state index contributed by atoms with van der Waals surface area (Å²) in [7, 11) is -1.16. The zero-order valence-corrected chi connectivity index (χ0v) is 23.5. The maximum Gasteiger partial charge on any atom is 0.315 e. The van der Waals surface area contributed by atoms with Crippen molar-refractivity contribution in [2.45, 2.75) is 102 Å². The van der Waals surface area contributed by atoms with Crippen LogP contribution in [0.5, 0.6) is 0 Å². The van der Waals surface area contributed by atoms with E-state index in [0.29, 0.717) is 50.1 Å². The molecule has 2 aliphatic heterocycles. The first-order chi connectivity index (χ1) is 16.8. The fourth-order valence-electron chi connectivity index (χ4n) is 4.45. The number of carbonyl (C=O) groups excluding carboxylic acids is 2. The number of hydrogen-bond donors (Lipinski definition) is 3. The van der Waals surface area contributed by atoms with Gasteiger partial charge >= 0.3 is 6.03 Å². The second-order valence-electron chi connectivity index (χ2n) is 9.63. The zero-order chi connectivity index (χ0) is 25.6. The summed E-state index contributed by atoms with van der Waals surface area (Å²) in [5.41, 5.74) is 0. The number of nitrogens with one attached hydrogen (secondary N) is 3. The standard InChI is InChI=1S/C24H44N5O4PS/c1-18(2)29(19(3)4)34(33-16-14-25-5)32-15-9-7-6-8-13-26-22(30)12-10-11-21-23-20(17-35-21)27-24(31)28-23/h18-21,23H,6-17H2,1-4H3,(H,26,30)(H2,27,28,31). The van der Waals surface area contributed by atoms with Gasteiger partial charge in [-0.3, -0.25) is 4.79 Å². The number of amides is 3. The van der Waals surface area contributed by atoms with Crippen LogP contribution in [0.25, 0.3) is 4.85 Å². The average molecular weight is 530 g/mol. The molecule has 0 radical (unpaired) electrons. The summed E-state index contributed by atoms with van der Waals surface area (Å²) in [6.07, 6.45) is 6.37. The highest BCUT2D eigenvalue weighted by Crippen LogP contribution is 2.45. The summed E-state index contributed by atoms with van der Waals surface area (Å²) in [6.45, 7) is 17.6. The highest BCUT2D eigenvalue weighted by molar-refractivity contribution is 8.00. The summed E-state index contributed by atoms with van der Waals surface area (Å²) >= 11 is 1.89. The fourth-order valence-corrected chi connectivity index (χ4v) is 7.62. The Morgan fingerprint density at radius 2 is 1.86 bits per heavy atom. The normalized spacial score (nSPS) is 22.2. The van der Waals surface area contributed by atoms with E-state index >= 15 is 0 Å². The van der Waals surface area contributed by atoms with Gasteiger partial charge in [0.05, 0.1) is 18.7 Å². The minimum absolute atomic E-state index is 0.0616. The number of urea groups is 1. The van der Waals surface area contributed by atoms with Crippen molar-refractivity contribution in [1.82, 2.24) is 20.6 Å². The van der Waals surface area contributed by atoms with Crippen LogP contribution in [-0.2, 0) is 13.8 Å². The lowest BCUT2D eigenvalue weighted by molar-refractivity contribution is -0.121. The number of unbranched alkanes of at least 4 members (excludes halogenated alkanes) is 3. The van der Waals surface area contributed by atoms with E-state index < -0.39 is 8.53 Å². The van der Waals surface area contributed by atoms with Crippen molar-refractivity contribution in [3.63, 3.8) is 0 Å². The Hall–Kier alpha value is -1.11. The van der Waals surface area contributed by atoms with Crippen molar-refractivity contribution in [3.8, 4) is 0 Å². The second-order valence-corrected chi connectivity index (χ2v) is 12.4. The molecule has 11 heteroatoms. The van der Waals surface area contributed by atoms with Crippen LogP contribution in [0.15, 0.2) is 0 Å². The van der Waals surface area contributed by atoms with Gasteiger partial charge in [-0.05, 0) is 53.4 Å². The first kappa shape index (κ1) is 30.1. The topological polar surface area (TPSA) is 96.3 Å². The van der Waals surface area contributed by atoms with Crippen molar-refractivity contribution in [1.29, 1.82) is 0 Å². The van der Waals surface area contributed by atoms with Crippen molar-refractivity contribution in [2.24, 2.45) is 0 Å². The number of nitrogens with zero attached hydrogens (tertiary/aromatic N) is 2. The van der Waals surface area contributed by atoms with Crippen LogP contribution in [0.4, 0.5) is 4.79 Å². The molecule has 0 saturated carbocycles. The molecule has 2 heterocycles. The van der Waals surface area contributed by atoms with Gasteiger partial charge in [0.15, 0.2) is 0 Å². The van der Waals surface area contributed by atoms with Crippen LogP contribution >= 0.6 is 20.3 Å². The summed E-state index contributed by atoms with van der Waals surface area (Å²) in [5, 5.41) is 9.39. The van der Waals surface area contributed by atoms with Crippen molar-refractivity contribution < 1.29 is 18.6 Å². The van der Waals surface area contributed by atoms with Crippen LogP contribution in [0.2, 0.25) is 0 Å². The summed E-state index contributed by atoms with van der Waals surface area (Å²) < 4.78 is 14.3. The van der Waals surface area contributed by atoms with E-state index in [1.165, 1.54) is 0 Å². The minimum Gasteiger partial charge on any atom is -0.356 e. The Bertz CT molecular complexity index is 685. The Kier molecular flexibility index (Phi) is 14.3. The van der Waals surface area contributed by atoms with Crippen LogP contribution in [-0.4, -0.2) is 78.1 Å². The molecule has 0 bridgehead atoms. The number of fused-ring (bicyclic) bond motifs is 1. The predicted molar refractivity (Wildman–Crippen MR) is 143 cm³/mol. The third-order valence-electron chi connectivity index (χ3n) is 6.08. The SMILES string of the molecule is [C-]#[N+]CCOP(OCCCCCCNC(=O)CCCC1SCC2NC(=O)NC21)N(C(C)C)C(C)C. The van der Waals surface area contributed by atoms with Crippen LogP contribution in [0, 0.1) is 6.57 Å². The molecule has 35 heavy (non-hydrogen) atoms. The smallest absolute Gasteiger partial charge is 0.315 e. The lowest BCUT2D eigenvalue weighted by atomic mass is 10.0. The maximum atomic E-state index is 12.1. The summed E-state index contributed by atoms with van der Waals surface area (Å²) in [5.74, 6) is 1.07. The van der Waals surface area contributed by atoms with E-state index in [0.717, 1.165) is 44.3 Å². The fraction of sp³-hybridized carbons (Fsp3) is 0.875. The molecule has 0 aromatic rings. The first-order valence-electron chi connectivity index (χ1n) is 13.0. The van der Waals surface area contributed by atoms with E-state index in [9.17, 15) is 9.59 Å². The van der Waals surface area contributed by atoms with E-state index in [-0.39, 0.29) is 24.0 Å². The Morgan fingerprint density at radius 3 is 2.57 bits per heavy atom. The number of rotatable bonds is 18. The molecule has 0 aromatic heterocycles. The van der Waals surface area contributed by atoms with Gasteiger partial charge in [0.2, 0.25) is 12.5 Å². The van der Waals surface area contributed by atoms with Gasteiger partial charge in [-0.1, -0.05) is 12.8 Å². The zero-order valence-electron chi connectivity index (χ0n) is 21.8. The van der Waals surface area contributed by atoms with Crippen molar-refractivity contribution in [3.05, 3.63) is 11.4 Å². The number of hydrogen-bond acceptors (Lipinski definition) is 6.